The van der Waals surface area contributed by atoms with Crippen LogP contribution in [0.1, 0.15) is 45.2 Å². The van der Waals surface area contributed by atoms with E-state index in [1.807, 2.05) is 13.2 Å². The number of hydrogen-bond donors (Lipinski definition) is 1. The van der Waals surface area contributed by atoms with Crippen molar-refractivity contribution in [3.8, 4) is 0 Å². The van der Waals surface area contributed by atoms with Gasteiger partial charge in [-0.05, 0) is 37.0 Å². The number of aliphatic hydroxyl groups is 1. The number of aliphatic hydroxyl groups excluding tert-OH is 1. The second-order valence-electron chi connectivity index (χ2n) is 6.16. The Labute approximate surface area is 103 Å². The van der Waals surface area contributed by atoms with Crippen molar-refractivity contribution in [2.45, 2.75) is 52.1 Å². The fraction of sp³-hybridized carbons (Fsp3) is 0.846. The first-order chi connectivity index (χ1) is 7.96. The highest BCUT2D eigenvalue weighted by atomic mass is 16.3. The standard InChI is InChI=1S/C13H23N3O/c1-13(2)6-4-10(5-7-13)12(17)8-11-9-16(3)15-14-11/h9-10,12,17H,4-8H2,1-3H3. The minimum absolute atomic E-state index is 0.261. The van der Waals surface area contributed by atoms with E-state index in [4.69, 9.17) is 0 Å². The van der Waals surface area contributed by atoms with Gasteiger partial charge in [-0.15, -0.1) is 5.10 Å². The van der Waals surface area contributed by atoms with E-state index in [-0.39, 0.29) is 6.10 Å². The molecule has 1 N–H and O–H groups in total. The van der Waals surface area contributed by atoms with Crippen molar-refractivity contribution in [1.82, 2.24) is 15.0 Å². The van der Waals surface area contributed by atoms with Crippen LogP contribution >= 0.6 is 0 Å². The van der Waals surface area contributed by atoms with Crippen LogP contribution in [-0.2, 0) is 13.5 Å². The van der Waals surface area contributed by atoms with E-state index < -0.39 is 0 Å². The molecule has 0 spiro atoms. The average Bonchev–Trinajstić information content (AvgIpc) is 2.63. The molecule has 96 valence electrons. The summed E-state index contributed by atoms with van der Waals surface area (Å²) < 4.78 is 1.69. The molecule has 17 heavy (non-hydrogen) atoms. The molecule has 1 aromatic heterocycles. The third-order valence-corrected chi connectivity index (χ3v) is 4.00. The third kappa shape index (κ3) is 3.28. The minimum atomic E-state index is -0.261. The number of nitrogens with zero attached hydrogens (tertiary/aromatic N) is 3. The van der Waals surface area contributed by atoms with Crippen LogP contribution in [0.25, 0.3) is 0 Å². The minimum Gasteiger partial charge on any atom is -0.392 e. The topological polar surface area (TPSA) is 50.9 Å². The van der Waals surface area contributed by atoms with Gasteiger partial charge in [0.25, 0.3) is 0 Å². The summed E-state index contributed by atoms with van der Waals surface area (Å²) in [6.07, 6.45) is 6.96. The van der Waals surface area contributed by atoms with Crippen LogP contribution in [0.15, 0.2) is 6.20 Å². The maximum absolute atomic E-state index is 10.2. The van der Waals surface area contributed by atoms with E-state index in [1.54, 1.807) is 4.68 Å². The molecule has 0 radical (unpaired) electrons. The van der Waals surface area contributed by atoms with Gasteiger partial charge in [0.2, 0.25) is 0 Å². The second-order valence-corrected chi connectivity index (χ2v) is 6.16. The number of hydrogen-bond acceptors (Lipinski definition) is 3. The van der Waals surface area contributed by atoms with E-state index in [2.05, 4.69) is 24.2 Å². The molecular formula is C13H23N3O. The Bertz CT molecular complexity index is 362. The van der Waals surface area contributed by atoms with Crippen LogP contribution in [-0.4, -0.2) is 26.2 Å². The monoisotopic (exact) mass is 237 g/mol. The molecule has 1 aliphatic carbocycles. The van der Waals surface area contributed by atoms with E-state index >= 15 is 0 Å². The van der Waals surface area contributed by atoms with E-state index in [1.165, 1.54) is 12.8 Å². The van der Waals surface area contributed by atoms with Crippen molar-refractivity contribution >= 4 is 0 Å². The normalized spacial score (nSPS) is 22.6. The predicted octanol–water partition coefficient (Wildman–Crippen LogP) is 1.93. The van der Waals surface area contributed by atoms with Gasteiger partial charge >= 0.3 is 0 Å². The van der Waals surface area contributed by atoms with Crippen LogP contribution in [0.4, 0.5) is 0 Å². The van der Waals surface area contributed by atoms with Gasteiger partial charge in [-0.2, -0.15) is 0 Å². The predicted molar refractivity (Wildman–Crippen MR) is 66.5 cm³/mol. The van der Waals surface area contributed by atoms with Gasteiger partial charge in [-0.3, -0.25) is 4.68 Å². The molecule has 0 amide bonds. The molecule has 4 nitrogen and oxygen atoms in total. The van der Waals surface area contributed by atoms with Crippen molar-refractivity contribution in [2.75, 3.05) is 0 Å². The highest BCUT2D eigenvalue weighted by molar-refractivity contribution is 4.96. The quantitative estimate of drug-likeness (QED) is 0.874. The molecule has 4 heteroatoms. The fourth-order valence-electron chi connectivity index (χ4n) is 2.68. The molecule has 1 aromatic rings. The first-order valence-electron chi connectivity index (χ1n) is 6.49. The summed E-state index contributed by atoms with van der Waals surface area (Å²) in [6.45, 7) is 4.64. The molecule has 0 aromatic carbocycles. The van der Waals surface area contributed by atoms with Gasteiger partial charge < -0.3 is 5.11 Å². The molecule has 1 saturated carbocycles. The molecule has 0 saturated heterocycles. The molecule has 1 atom stereocenters. The van der Waals surface area contributed by atoms with Crippen LogP contribution in [0.3, 0.4) is 0 Å². The maximum atomic E-state index is 10.2. The van der Waals surface area contributed by atoms with Gasteiger partial charge in [0, 0.05) is 19.7 Å². The Morgan fingerprint density at radius 2 is 2.12 bits per heavy atom. The zero-order valence-electron chi connectivity index (χ0n) is 11.1. The largest absolute Gasteiger partial charge is 0.392 e. The zero-order valence-corrected chi connectivity index (χ0v) is 11.1. The Morgan fingerprint density at radius 1 is 1.47 bits per heavy atom. The second kappa shape index (κ2) is 4.77. The number of rotatable bonds is 3. The highest BCUT2D eigenvalue weighted by Gasteiger charge is 2.30. The van der Waals surface area contributed by atoms with E-state index in [0.29, 0.717) is 17.8 Å². The van der Waals surface area contributed by atoms with Crippen molar-refractivity contribution < 1.29 is 5.11 Å². The molecule has 1 aliphatic rings. The summed E-state index contributed by atoms with van der Waals surface area (Å²) in [5.74, 6) is 0.435. The Hall–Kier alpha value is -0.900. The van der Waals surface area contributed by atoms with Crippen LogP contribution < -0.4 is 0 Å². The van der Waals surface area contributed by atoms with Crippen LogP contribution in [0.5, 0.6) is 0 Å². The molecule has 2 rings (SSSR count). The van der Waals surface area contributed by atoms with Crippen LogP contribution in [0.2, 0.25) is 0 Å². The Kier molecular flexibility index (Phi) is 3.52. The van der Waals surface area contributed by atoms with Gasteiger partial charge in [-0.25, -0.2) is 0 Å². The Balaban J connectivity index is 1.87. The average molecular weight is 237 g/mol. The van der Waals surface area contributed by atoms with Crippen molar-refractivity contribution in [3.63, 3.8) is 0 Å². The molecule has 1 unspecified atom stereocenters. The van der Waals surface area contributed by atoms with E-state index in [9.17, 15) is 5.11 Å². The molecule has 1 heterocycles. The van der Waals surface area contributed by atoms with Crippen molar-refractivity contribution in [1.29, 1.82) is 0 Å². The molecule has 1 fully saturated rings. The summed E-state index contributed by atoms with van der Waals surface area (Å²) in [5, 5.41) is 18.2. The van der Waals surface area contributed by atoms with Gasteiger partial charge in [0.1, 0.15) is 0 Å². The fourth-order valence-corrected chi connectivity index (χ4v) is 2.68. The molecular weight excluding hydrogens is 214 g/mol. The van der Waals surface area contributed by atoms with Gasteiger partial charge in [-0.1, -0.05) is 19.1 Å². The van der Waals surface area contributed by atoms with Crippen LogP contribution in [0, 0.1) is 11.3 Å². The lowest BCUT2D eigenvalue weighted by Crippen LogP contribution is -2.30. The lowest BCUT2D eigenvalue weighted by Gasteiger charge is -2.36. The smallest absolute Gasteiger partial charge is 0.0852 e. The SMILES string of the molecule is Cn1cc(CC(O)C2CCC(C)(C)CC2)nn1. The van der Waals surface area contributed by atoms with Gasteiger partial charge in [0.05, 0.1) is 11.8 Å². The number of aromatic nitrogens is 3. The molecule has 0 bridgehead atoms. The summed E-state index contributed by atoms with van der Waals surface area (Å²) in [6, 6.07) is 0. The first-order valence-corrected chi connectivity index (χ1v) is 6.49. The zero-order chi connectivity index (χ0) is 12.5. The van der Waals surface area contributed by atoms with Gasteiger partial charge in [0.15, 0.2) is 0 Å². The summed E-state index contributed by atoms with van der Waals surface area (Å²) in [5.41, 5.74) is 1.35. The summed E-state index contributed by atoms with van der Waals surface area (Å²) >= 11 is 0. The first kappa shape index (κ1) is 12.6. The summed E-state index contributed by atoms with van der Waals surface area (Å²) in [7, 11) is 1.85. The van der Waals surface area contributed by atoms with E-state index in [0.717, 1.165) is 18.5 Å². The highest BCUT2D eigenvalue weighted by Crippen LogP contribution is 2.39. The third-order valence-electron chi connectivity index (χ3n) is 4.00. The van der Waals surface area contributed by atoms with Crippen molar-refractivity contribution in [3.05, 3.63) is 11.9 Å². The Morgan fingerprint density at radius 3 is 2.65 bits per heavy atom. The summed E-state index contributed by atoms with van der Waals surface area (Å²) in [4.78, 5) is 0. The number of aryl methyl sites for hydroxylation is 1. The van der Waals surface area contributed by atoms with Crippen molar-refractivity contribution in [2.24, 2.45) is 18.4 Å². The lowest BCUT2D eigenvalue weighted by atomic mass is 9.71. The molecule has 0 aliphatic heterocycles. The lowest BCUT2D eigenvalue weighted by molar-refractivity contribution is 0.0570. The maximum Gasteiger partial charge on any atom is 0.0852 e.